The van der Waals surface area contributed by atoms with Crippen molar-refractivity contribution in [3.63, 3.8) is 0 Å². The third-order valence-electron chi connectivity index (χ3n) is 7.04. The van der Waals surface area contributed by atoms with E-state index in [1.165, 1.54) is 5.57 Å². The number of nitrogens with one attached hydrogen (secondary N) is 1. The Bertz CT molecular complexity index is 630. The van der Waals surface area contributed by atoms with Gasteiger partial charge in [-0.3, -0.25) is 0 Å². The maximum absolute atomic E-state index is 12.4. The van der Waals surface area contributed by atoms with E-state index >= 15 is 0 Å². The van der Waals surface area contributed by atoms with Gasteiger partial charge in [-0.05, 0) is 52.9 Å². The van der Waals surface area contributed by atoms with Crippen molar-refractivity contribution >= 4 is 6.09 Å². The van der Waals surface area contributed by atoms with Crippen molar-refractivity contribution in [1.82, 2.24) is 5.32 Å². The molecule has 1 amide bonds. The minimum absolute atomic E-state index is 0.0490. The van der Waals surface area contributed by atoms with Gasteiger partial charge in [-0.1, -0.05) is 24.5 Å². The number of carbonyl (C=O) groups excluding carboxylic acids is 1. The molecule has 178 valence electrons. The highest BCUT2D eigenvalue weighted by Gasteiger charge is 2.72. The van der Waals surface area contributed by atoms with Crippen molar-refractivity contribution in [1.29, 1.82) is 0 Å². The SMILES string of the molecule is COCCCCCCNC(=O)OC1CC[C@]2(CO2)C(C2(C)OC2CC=C(C)C)C1OC. The Morgan fingerprint density at radius 2 is 1.94 bits per heavy atom. The average Bonchev–Trinajstić information content (AvgIpc) is 3.64. The van der Waals surface area contributed by atoms with E-state index in [2.05, 4.69) is 32.2 Å². The summed E-state index contributed by atoms with van der Waals surface area (Å²) in [6, 6.07) is 0. The maximum atomic E-state index is 12.4. The Morgan fingerprint density at radius 3 is 2.58 bits per heavy atom. The number of carbonyl (C=O) groups is 1. The van der Waals surface area contributed by atoms with Crippen LogP contribution in [0.25, 0.3) is 0 Å². The lowest BCUT2D eigenvalue weighted by molar-refractivity contribution is -0.118. The largest absolute Gasteiger partial charge is 0.443 e. The quantitative estimate of drug-likeness (QED) is 0.281. The molecule has 0 radical (unpaired) electrons. The molecule has 3 aliphatic rings. The fraction of sp³-hybridized carbons (Fsp3) is 0.875. The Morgan fingerprint density at radius 1 is 1.19 bits per heavy atom. The van der Waals surface area contributed by atoms with Crippen molar-refractivity contribution in [2.75, 3.05) is 34.0 Å². The average molecular weight is 440 g/mol. The van der Waals surface area contributed by atoms with E-state index in [0.29, 0.717) is 6.54 Å². The van der Waals surface area contributed by atoms with Crippen molar-refractivity contribution < 1.29 is 28.5 Å². The van der Waals surface area contributed by atoms with E-state index in [1.54, 1.807) is 14.2 Å². The van der Waals surface area contributed by atoms with Crippen molar-refractivity contribution in [2.45, 2.75) is 95.2 Å². The van der Waals surface area contributed by atoms with E-state index in [4.69, 9.17) is 23.7 Å². The summed E-state index contributed by atoms with van der Waals surface area (Å²) in [5.41, 5.74) is 0.774. The van der Waals surface area contributed by atoms with Crippen LogP contribution in [0.1, 0.15) is 65.7 Å². The summed E-state index contributed by atoms with van der Waals surface area (Å²) in [6.45, 7) is 8.51. The Labute approximate surface area is 187 Å². The molecular formula is C24H41NO6. The van der Waals surface area contributed by atoms with Gasteiger partial charge in [-0.2, -0.15) is 0 Å². The van der Waals surface area contributed by atoms with E-state index in [-0.39, 0.29) is 41.5 Å². The highest BCUT2D eigenvalue weighted by Crippen LogP contribution is 2.59. The zero-order valence-corrected chi connectivity index (χ0v) is 19.9. The Hall–Kier alpha value is -1.15. The molecule has 3 rings (SSSR count). The summed E-state index contributed by atoms with van der Waals surface area (Å²) >= 11 is 0. The smallest absolute Gasteiger partial charge is 0.407 e. The number of alkyl carbamates (subject to hydrolysis) is 1. The van der Waals surface area contributed by atoms with E-state index in [1.807, 2.05) is 0 Å². The Balaban J connectivity index is 1.52. The van der Waals surface area contributed by atoms with Gasteiger partial charge in [-0.15, -0.1) is 0 Å². The first-order chi connectivity index (χ1) is 14.9. The standard InChI is InChI=1S/C24H41NO6/c1-17(2)10-11-19-23(3,31-19)21-20(28-5)18(12-13-24(21)16-29-24)30-22(26)25-14-8-6-7-9-15-27-4/h10,18-21H,6-9,11-16H2,1-5H3,(H,25,26)/t18?,19?,20?,21?,23?,24-/m0/s1. The molecule has 7 heteroatoms. The van der Waals surface area contributed by atoms with Gasteiger partial charge >= 0.3 is 6.09 Å². The molecule has 31 heavy (non-hydrogen) atoms. The molecule has 2 heterocycles. The monoisotopic (exact) mass is 439 g/mol. The highest BCUT2D eigenvalue weighted by molar-refractivity contribution is 5.67. The lowest BCUT2D eigenvalue weighted by Gasteiger charge is -2.42. The van der Waals surface area contributed by atoms with Crippen LogP contribution in [0.3, 0.4) is 0 Å². The molecule has 5 unspecified atom stereocenters. The van der Waals surface area contributed by atoms with Crippen LogP contribution in [0.2, 0.25) is 0 Å². The van der Waals surface area contributed by atoms with E-state index in [0.717, 1.165) is 58.2 Å². The van der Waals surface area contributed by atoms with Gasteiger partial charge in [0, 0.05) is 27.4 Å². The van der Waals surface area contributed by atoms with Crippen LogP contribution in [-0.2, 0) is 23.7 Å². The molecule has 0 aromatic heterocycles. The summed E-state index contributed by atoms with van der Waals surface area (Å²) in [6.07, 6.45) is 8.14. The van der Waals surface area contributed by atoms with Crippen molar-refractivity contribution in [3.05, 3.63) is 11.6 Å². The second-order valence-corrected chi connectivity index (χ2v) is 9.66. The molecule has 1 N–H and O–H groups in total. The number of epoxide rings is 2. The molecule has 3 fully saturated rings. The maximum Gasteiger partial charge on any atom is 0.407 e. The first-order valence-corrected chi connectivity index (χ1v) is 11.8. The normalized spacial score (nSPS) is 36.2. The fourth-order valence-electron chi connectivity index (χ4n) is 5.16. The first-order valence-electron chi connectivity index (χ1n) is 11.8. The minimum atomic E-state index is -0.363. The van der Waals surface area contributed by atoms with Crippen LogP contribution < -0.4 is 5.32 Å². The summed E-state index contributed by atoms with van der Waals surface area (Å²) < 4.78 is 29.0. The molecule has 1 saturated carbocycles. The van der Waals surface area contributed by atoms with Crippen molar-refractivity contribution in [2.24, 2.45) is 5.92 Å². The van der Waals surface area contributed by atoms with Gasteiger partial charge in [0.2, 0.25) is 0 Å². The van der Waals surface area contributed by atoms with Gasteiger partial charge in [0.05, 0.1) is 18.6 Å². The summed E-state index contributed by atoms with van der Waals surface area (Å²) in [4.78, 5) is 12.4. The molecular weight excluding hydrogens is 398 g/mol. The highest BCUT2D eigenvalue weighted by atomic mass is 16.6. The Kier molecular flexibility index (Phi) is 8.41. The fourth-order valence-corrected chi connectivity index (χ4v) is 5.16. The van der Waals surface area contributed by atoms with Gasteiger partial charge in [-0.25, -0.2) is 4.79 Å². The molecule has 1 aliphatic carbocycles. The van der Waals surface area contributed by atoms with Gasteiger partial charge in [0.1, 0.15) is 23.4 Å². The number of ether oxygens (including phenoxy) is 5. The van der Waals surface area contributed by atoms with Crippen LogP contribution in [0.15, 0.2) is 11.6 Å². The number of methoxy groups -OCH3 is 2. The van der Waals surface area contributed by atoms with Gasteiger partial charge in [0.15, 0.2) is 0 Å². The van der Waals surface area contributed by atoms with Crippen LogP contribution in [0, 0.1) is 5.92 Å². The zero-order valence-electron chi connectivity index (χ0n) is 19.9. The second-order valence-electron chi connectivity index (χ2n) is 9.66. The predicted octanol–water partition coefficient (Wildman–Crippen LogP) is 4.00. The number of amides is 1. The number of hydrogen-bond donors (Lipinski definition) is 1. The third-order valence-corrected chi connectivity index (χ3v) is 7.04. The molecule has 1 spiro atoms. The molecule has 6 atom stereocenters. The summed E-state index contributed by atoms with van der Waals surface area (Å²) in [5, 5.41) is 2.89. The predicted molar refractivity (Wildman–Crippen MR) is 118 cm³/mol. The van der Waals surface area contributed by atoms with Crippen LogP contribution in [0.5, 0.6) is 0 Å². The zero-order chi connectivity index (χ0) is 22.5. The molecule has 2 saturated heterocycles. The number of unbranched alkanes of at least 4 members (excludes halogenated alkanes) is 3. The van der Waals surface area contributed by atoms with E-state index in [9.17, 15) is 4.79 Å². The summed E-state index contributed by atoms with van der Waals surface area (Å²) in [7, 11) is 3.42. The molecule has 0 aromatic rings. The molecule has 2 aliphatic heterocycles. The third kappa shape index (κ3) is 6.01. The minimum Gasteiger partial charge on any atom is -0.443 e. The lowest BCUT2D eigenvalue weighted by Crippen LogP contribution is -2.56. The molecule has 0 bridgehead atoms. The number of hydrogen-bond acceptors (Lipinski definition) is 6. The van der Waals surface area contributed by atoms with Crippen LogP contribution >= 0.6 is 0 Å². The van der Waals surface area contributed by atoms with Gasteiger partial charge < -0.3 is 29.0 Å². The lowest BCUT2D eigenvalue weighted by atomic mass is 9.68. The number of rotatable bonds is 12. The van der Waals surface area contributed by atoms with Crippen molar-refractivity contribution in [3.8, 4) is 0 Å². The first kappa shape index (κ1) is 24.5. The van der Waals surface area contributed by atoms with Crippen LogP contribution in [0.4, 0.5) is 4.79 Å². The second kappa shape index (κ2) is 10.6. The molecule has 0 aromatic carbocycles. The van der Waals surface area contributed by atoms with Crippen LogP contribution in [-0.4, -0.2) is 69.6 Å². The summed E-state index contributed by atoms with van der Waals surface area (Å²) in [5.74, 6) is 0.0490. The number of allylic oxidation sites excluding steroid dienone is 1. The van der Waals surface area contributed by atoms with Gasteiger partial charge in [0.25, 0.3) is 0 Å². The molecule has 7 nitrogen and oxygen atoms in total. The topological polar surface area (TPSA) is 81.9 Å². The van der Waals surface area contributed by atoms with E-state index < -0.39 is 0 Å².